The first-order valence-corrected chi connectivity index (χ1v) is 10.3. The highest BCUT2D eigenvalue weighted by Crippen LogP contribution is 2.39. The average Bonchev–Trinajstić information content (AvgIpc) is 3.29. The van der Waals surface area contributed by atoms with E-state index in [9.17, 15) is 9.18 Å². The number of nitrogens with zero attached hydrogens (tertiary/aromatic N) is 4. The molecular formula is C21H20FN5OS. The number of fused-ring (bicyclic) bond motifs is 2. The zero-order valence-electron chi connectivity index (χ0n) is 16.1. The molecule has 29 heavy (non-hydrogen) atoms. The molecule has 1 N–H and O–H groups in total. The van der Waals surface area contributed by atoms with Gasteiger partial charge in [0.2, 0.25) is 0 Å². The van der Waals surface area contributed by atoms with Gasteiger partial charge in [-0.15, -0.1) is 0 Å². The molecule has 1 aliphatic carbocycles. The van der Waals surface area contributed by atoms with Crippen LogP contribution in [0.2, 0.25) is 0 Å². The van der Waals surface area contributed by atoms with Crippen LogP contribution in [0.15, 0.2) is 41.5 Å². The summed E-state index contributed by atoms with van der Waals surface area (Å²) < 4.78 is 19.1. The minimum absolute atomic E-state index is 0.0665. The summed E-state index contributed by atoms with van der Waals surface area (Å²) in [6, 6.07) is 9.65. The zero-order valence-corrected chi connectivity index (χ0v) is 17.0. The Bertz CT molecular complexity index is 1150. The summed E-state index contributed by atoms with van der Waals surface area (Å²) in [5.41, 5.74) is 2.11. The van der Waals surface area contributed by atoms with Gasteiger partial charge in [0.15, 0.2) is 5.84 Å². The summed E-state index contributed by atoms with van der Waals surface area (Å²) in [5.74, 6) is 0.593. The Hall–Kier alpha value is -2.87. The van der Waals surface area contributed by atoms with E-state index < -0.39 is 5.67 Å². The number of hydrogen-bond donors (Lipinski definition) is 1. The zero-order chi connectivity index (χ0) is 20.2. The van der Waals surface area contributed by atoms with Gasteiger partial charge in [-0.25, -0.2) is 4.39 Å². The van der Waals surface area contributed by atoms with Gasteiger partial charge in [-0.1, -0.05) is 6.07 Å². The number of pyridine rings is 1. The lowest BCUT2D eigenvalue weighted by Gasteiger charge is -2.43. The number of aromatic nitrogens is 2. The topological polar surface area (TPSA) is 70.5 Å². The molecule has 0 bridgehead atoms. The highest BCUT2D eigenvalue weighted by Gasteiger charge is 2.44. The van der Waals surface area contributed by atoms with E-state index in [1.54, 1.807) is 25.1 Å². The summed E-state index contributed by atoms with van der Waals surface area (Å²) in [7, 11) is 1.73. The molecule has 5 rings (SSSR count). The molecule has 1 amide bonds. The van der Waals surface area contributed by atoms with Crippen molar-refractivity contribution in [3.05, 3.63) is 53.5 Å². The number of alkyl halides is 1. The Morgan fingerprint density at radius 3 is 2.97 bits per heavy atom. The van der Waals surface area contributed by atoms with Gasteiger partial charge in [0, 0.05) is 48.8 Å². The third-order valence-corrected chi connectivity index (χ3v) is 6.46. The molecule has 1 fully saturated rings. The lowest BCUT2D eigenvalue weighted by Crippen LogP contribution is -2.52. The first-order valence-electron chi connectivity index (χ1n) is 9.52. The average molecular weight is 409 g/mol. The maximum atomic E-state index is 13.8. The van der Waals surface area contributed by atoms with Crippen LogP contribution in [-0.4, -0.2) is 44.8 Å². The smallest absolute Gasteiger partial charge is 0.274 e. The van der Waals surface area contributed by atoms with Crippen LogP contribution in [0, 0.1) is 0 Å². The van der Waals surface area contributed by atoms with Gasteiger partial charge in [-0.3, -0.25) is 14.8 Å². The molecule has 0 unspecified atom stereocenters. The van der Waals surface area contributed by atoms with Crippen LogP contribution in [0.3, 0.4) is 0 Å². The summed E-state index contributed by atoms with van der Waals surface area (Å²) in [6.45, 7) is 2.20. The number of anilines is 1. The number of benzene rings is 1. The predicted molar refractivity (Wildman–Crippen MR) is 112 cm³/mol. The van der Waals surface area contributed by atoms with Gasteiger partial charge in [-0.2, -0.15) is 4.37 Å². The normalized spacial score (nSPS) is 22.7. The highest BCUT2D eigenvalue weighted by atomic mass is 32.1. The monoisotopic (exact) mass is 409 g/mol. The maximum absolute atomic E-state index is 13.8. The molecule has 148 valence electrons. The molecule has 8 heteroatoms. The standard InChI is InChI=1S/C21H20FN5OS/c1-21(22)9-14(10-21)27(2)20(28)18-15-6-5-13(8-16(15)29-26-18)25-19-17-12(11-24-19)4-3-7-23-17/h3-8,14H,9-11H2,1-2H3,(H,24,25). The molecule has 0 atom stereocenters. The number of carbonyl (C=O) groups is 1. The first-order chi connectivity index (χ1) is 13.9. The van der Waals surface area contributed by atoms with E-state index in [4.69, 9.17) is 0 Å². The molecule has 6 nitrogen and oxygen atoms in total. The Morgan fingerprint density at radius 2 is 2.17 bits per heavy atom. The van der Waals surface area contributed by atoms with Crippen LogP contribution in [0.4, 0.5) is 10.1 Å². The van der Waals surface area contributed by atoms with Crippen molar-refractivity contribution in [1.82, 2.24) is 14.3 Å². The second-order valence-corrected chi connectivity index (χ2v) is 8.74. The second kappa shape index (κ2) is 6.59. The summed E-state index contributed by atoms with van der Waals surface area (Å²) in [4.78, 5) is 23.4. The van der Waals surface area contributed by atoms with Crippen molar-refractivity contribution in [3.63, 3.8) is 0 Å². The van der Waals surface area contributed by atoms with Crippen LogP contribution in [-0.2, 0) is 6.54 Å². The molecule has 1 saturated carbocycles. The molecule has 2 aliphatic rings. The molecule has 1 aromatic carbocycles. The van der Waals surface area contributed by atoms with Crippen molar-refractivity contribution in [1.29, 1.82) is 0 Å². The van der Waals surface area contributed by atoms with Crippen LogP contribution in [0.1, 0.15) is 41.5 Å². The minimum atomic E-state index is -1.17. The fourth-order valence-corrected chi connectivity index (χ4v) is 4.76. The Balaban J connectivity index is 1.36. The van der Waals surface area contributed by atoms with E-state index in [0.29, 0.717) is 25.1 Å². The highest BCUT2D eigenvalue weighted by molar-refractivity contribution is 7.13. The van der Waals surface area contributed by atoms with Crippen molar-refractivity contribution in [2.45, 2.75) is 38.0 Å². The number of amides is 1. The van der Waals surface area contributed by atoms with Gasteiger partial charge < -0.3 is 10.2 Å². The van der Waals surface area contributed by atoms with Crippen molar-refractivity contribution in [3.8, 4) is 0 Å². The summed E-state index contributed by atoms with van der Waals surface area (Å²) >= 11 is 1.29. The molecule has 3 heterocycles. The number of rotatable bonds is 3. The van der Waals surface area contributed by atoms with Crippen molar-refractivity contribution in [2.24, 2.45) is 4.99 Å². The van der Waals surface area contributed by atoms with Gasteiger partial charge in [-0.05, 0) is 42.7 Å². The third kappa shape index (κ3) is 3.17. The van der Waals surface area contributed by atoms with Crippen molar-refractivity contribution in [2.75, 3.05) is 12.4 Å². The van der Waals surface area contributed by atoms with Crippen molar-refractivity contribution >= 4 is 39.0 Å². The van der Waals surface area contributed by atoms with Crippen LogP contribution in [0.5, 0.6) is 0 Å². The lowest BCUT2D eigenvalue weighted by molar-refractivity contribution is -0.000893. The minimum Gasteiger partial charge on any atom is -0.339 e. The molecule has 0 saturated heterocycles. The molecule has 3 aromatic rings. The van der Waals surface area contributed by atoms with Crippen molar-refractivity contribution < 1.29 is 9.18 Å². The molecule has 0 radical (unpaired) electrons. The van der Waals surface area contributed by atoms with E-state index in [1.165, 1.54) is 11.5 Å². The predicted octanol–water partition coefficient (Wildman–Crippen LogP) is 4.03. The Morgan fingerprint density at radius 1 is 1.34 bits per heavy atom. The fourth-order valence-electron chi connectivity index (χ4n) is 3.95. The van der Waals surface area contributed by atoms with Crippen LogP contribution in [0.25, 0.3) is 10.1 Å². The molecular weight excluding hydrogens is 389 g/mol. The number of amidine groups is 1. The number of aliphatic imine (C=N–C) groups is 1. The number of carbonyl (C=O) groups excluding carboxylic acids is 1. The fraction of sp³-hybridized carbons (Fsp3) is 0.333. The quantitative estimate of drug-likeness (QED) is 0.709. The van der Waals surface area contributed by atoms with E-state index in [-0.39, 0.29) is 11.9 Å². The maximum Gasteiger partial charge on any atom is 0.274 e. The lowest BCUT2D eigenvalue weighted by atomic mass is 9.78. The molecule has 1 aliphatic heterocycles. The molecule has 0 spiro atoms. The van der Waals surface area contributed by atoms with Crippen LogP contribution < -0.4 is 5.32 Å². The first kappa shape index (κ1) is 18.2. The number of hydrogen-bond acceptors (Lipinski definition) is 6. The summed E-state index contributed by atoms with van der Waals surface area (Å²) in [5, 5.41) is 4.14. The van der Waals surface area contributed by atoms with Gasteiger partial charge in [0.25, 0.3) is 5.91 Å². The Labute approximate surface area is 171 Å². The second-order valence-electron chi connectivity index (χ2n) is 7.93. The number of halogens is 1. The van der Waals surface area contributed by atoms with E-state index >= 15 is 0 Å². The molecule has 2 aromatic heterocycles. The Kier molecular flexibility index (Phi) is 4.13. The summed E-state index contributed by atoms with van der Waals surface area (Å²) in [6.07, 6.45) is 2.52. The SMILES string of the molecule is CN(C(=O)c1nsc2cc(NC3=NCc4cccnc43)ccc12)C1CC(C)(F)C1. The van der Waals surface area contributed by atoms with E-state index in [2.05, 4.69) is 19.7 Å². The van der Waals surface area contributed by atoms with E-state index in [1.807, 2.05) is 30.3 Å². The largest absolute Gasteiger partial charge is 0.339 e. The third-order valence-electron chi connectivity index (χ3n) is 5.65. The van der Waals surface area contributed by atoms with E-state index in [0.717, 1.165) is 32.9 Å². The number of nitrogens with one attached hydrogen (secondary N) is 1. The van der Waals surface area contributed by atoms with Gasteiger partial charge in [0.05, 0.1) is 11.2 Å². The van der Waals surface area contributed by atoms with Crippen LogP contribution >= 0.6 is 11.5 Å². The van der Waals surface area contributed by atoms with Gasteiger partial charge >= 0.3 is 0 Å². The van der Waals surface area contributed by atoms with Gasteiger partial charge in [0.1, 0.15) is 17.1 Å².